The summed E-state index contributed by atoms with van der Waals surface area (Å²) in [6.07, 6.45) is 5.57. The summed E-state index contributed by atoms with van der Waals surface area (Å²) in [6.45, 7) is 12.4. The molecule has 0 saturated heterocycles. The van der Waals surface area contributed by atoms with E-state index in [1.165, 1.54) is 0 Å². The lowest BCUT2D eigenvalue weighted by Crippen LogP contribution is -2.11. The van der Waals surface area contributed by atoms with Gasteiger partial charge in [-0.3, -0.25) is 9.59 Å². The molecule has 2 amide bonds. The average Bonchev–Trinajstić information content (AvgIpc) is 2.82. The van der Waals surface area contributed by atoms with Crippen molar-refractivity contribution >= 4 is 23.2 Å². The second-order valence-corrected chi connectivity index (χ2v) is 8.90. The minimum Gasteiger partial charge on any atom is -0.489 e. The molecule has 35 heavy (non-hydrogen) atoms. The van der Waals surface area contributed by atoms with Crippen molar-refractivity contribution in [3.05, 3.63) is 72.8 Å². The van der Waals surface area contributed by atoms with Crippen molar-refractivity contribution in [2.24, 2.45) is 0 Å². The van der Waals surface area contributed by atoms with Gasteiger partial charge in [0.15, 0.2) is 0 Å². The van der Waals surface area contributed by atoms with E-state index in [9.17, 15) is 9.59 Å². The van der Waals surface area contributed by atoms with Crippen LogP contribution >= 0.6 is 0 Å². The summed E-state index contributed by atoms with van der Waals surface area (Å²) in [5, 5.41) is 5.83. The fourth-order valence-electron chi connectivity index (χ4n) is 3.23. The van der Waals surface area contributed by atoms with Gasteiger partial charge in [-0.25, -0.2) is 0 Å². The zero-order chi connectivity index (χ0) is 25.5. The number of carbonyl (C=O) groups excluding carboxylic acids is 2. The van der Waals surface area contributed by atoms with Gasteiger partial charge in [0.05, 0.1) is 0 Å². The van der Waals surface area contributed by atoms with E-state index >= 15 is 0 Å². The van der Waals surface area contributed by atoms with E-state index in [0.717, 1.165) is 66.1 Å². The number of unbranched alkanes of at least 4 members (excludes halogenated alkanes) is 4. The maximum Gasteiger partial charge on any atom is 0.224 e. The summed E-state index contributed by atoms with van der Waals surface area (Å²) in [7, 11) is 0. The number of anilines is 2. The Bertz CT molecular complexity index is 886. The fourth-order valence-corrected chi connectivity index (χ4v) is 3.23. The fraction of sp³-hybridized carbons (Fsp3) is 0.379. The first-order valence-electron chi connectivity index (χ1n) is 12.2. The van der Waals surface area contributed by atoms with Crippen molar-refractivity contribution in [2.45, 2.75) is 58.8 Å². The quantitative estimate of drug-likeness (QED) is 0.203. The molecule has 0 saturated carbocycles. The number of nitrogens with one attached hydrogen (secondary N) is 2. The van der Waals surface area contributed by atoms with Crippen molar-refractivity contribution < 1.29 is 19.1 Å². The van der Waals surface area contributed by atoms with Crippen LogP contribution in [0.4, 0.5) is 11.4 Å². The normalized spacial score (nSPS) is 10.3. The van der Waals surface area contributed by atoms with E-state index in [1.807, 2.05) is 62.4 Å². The second-order valence-electron chi connectivity index (χ2n) is 8.90. The second kappa shape index (κ2) is 15.4. The van der Waals surface area contributed by atoms with Crippen molar-refractivity contribution in [3.63, 3.8) is 0 Å². The van der Waals surface area contributed by atoms with Gasteiger partial charge >= 0.3 is 0 Å². The first kappa shape index (κ1) is 27.7. The lowest BCUT2D eigenvalue weighted by Gasteiger charge is -2.09. The molecule has 0 aliphatic carbocycles. The molecular formula is C29H38N2O4. The van der Waals surface area contributed by atoms with Crippen molar-refractivity contribution in [1.29, 1.82) is 0 Å². The number of amides is 2. The number of hydrogen-bond donors (Lipinski definition) is 2. The Balaban J connectivity index is 1.52. The van der Waals surface area contributed by atoms with Crippen molar-refractivity contribution in [1.82, 2.24) is 0 Å². The molecule has 0 aliphatic heterocycles. The van der Waals surface area contributed by atoms with Crippen LogP contribution in [-0.4, -0.2) is 25.0 Å². The summed E-state index contributed by atoms with van der Waals surface area (Å²) in [6, 6.07) is 14.7. The molecule has 0 aromatic heterocycles. The monoisotopic (exact) mass is 478 g/mol. The molecular weight excluding hydrogens is 440 g/mol. The van der Waals surface area contributed by atoms with E-state index in [-0.39, 0.29) is 11.8 Å². The van der Waals surface area contributed by atoms with Gasteiger partial charge in [0.1, 0.15) is 24.7 Å². The van der Waals surface area contributed by atoms with Crippen LogP contribution in [0, 0.1) is 0 Å². The SMILES string of the molecule is C=C(C)COc1ccc(NC(=O)CCCCCCCC(=O)Nc2ccc(OCC(=C)C)cc2)cc1. The Morgan fingerprint density at radius 1 is 0.629 bits per heavy atom. The summed E-state index contributed by atoms with van der Waals surface area (Å²) < 4.78 is 11.1. The molecule has 2 aromatic rings. The van der Waals surface area contributed by atoms with Crippen LogP contribution < -0.4 is 20.1 Å². The Morgan fingerprint density at radius 2 is 0.971 bits per heavy atom. The van der Waals surface area contributed by atoms with Gasteiger partial charge in [0, 0.05) is 24.2 Å². The molecule has 0 fully saturated rings. The average molecular weight is 479 g/mol. The van der Waals surface area contributed by atoms with Gasteiger partial charge in [-0.05, 0) is 86.4 Å². The predicted octanol–water partition coefficient (Wildman–Crippen LogP) is 6.90. The molecule has 0 bridgehead atoms. The number of carbonyl (C=O) groups is 2. The van der Waals surface area contributed by atoms with E-state index in [4.69, 9.17) is 9.47 Å². The Kier molecular flexibility index (Phi) is 12.2. The standard InChI is InChI=1S/C29H38N2O4/c1-22(2)20-34-26-16-12-24(13-17-26)30-28(32)10-8-6-5-7-9-11-29(33)31-25-14-18-27(19-15-25)35-21-23(3)4/h12-19H,1,3,5-11,20-21H2,2,4H3,(H,30,32)(H,31,33). The summed E-state index contributed by atoms with van der Waals surface area (Å²) in [5.41, 5.74) is 3.44. The molecule has 0 radical (unpaired) electrons. The summed E-state index contributed by atoms with van der Waals surface area (Å²) in [5.74, 6) is 1.52. The van der Waals surface area contributed by atoms with E-state index < -0.39 is 0 Å². The highest BCUT2D eigenvalue weighted by molar-refractivity contribution is 5.91. The Hall–Kier alpha value is -3.54. The van der Waals surface area contributed by atoms with Crippen LogP contribution in [0.1, 0.15) is 58.8 Å². The number of hydrogen-bond acceptors (Lipinski definition) is 4. The molecule has 0 spiro atoms. The number of ether oxygens (including phenoxy) is 2. The minimum atomic E-state index is 0.0102. The molecule has 6 heteroatoms. The Labute approximate surface area is 209 Å². The third kappa shape index (κ3) is 12.5. The van der Waals surface area contributed by atoms with Crippen molar-refractivity contribution in [2.75, 3.05) is 23.8 Å². The van der Waals surface area contributed by atoms with Crippen LogP contribution in [0.25, 0.3) is 0 Å². The van der Waals surface area contributed by atoms with E-state index in [0.29, 0.717) is 26.1 Å². The zero-order valence-electron chi connectivity index (χ0n) is 21.0. The topological polar surface area (TPSA) is 76.7 Å². The summed E-state index contributed by atoms with van der Waals surface area (Å²) >= 11 is 0. The van der Waals surface area contributed by atoms with Gasteiger partial charge in [-0.2, -0.15) is 0 Å². The molecule has 0 heterocycles. The maximum absolute atomic E-state index is 12.1. The lowest BCUT2D eigenvalue weighted by molar-refractivity contribution is -0.117. The molecule has 0 aliphatic rings. The van der Waals surface area contributed by atoms with Gasteiger partial charge in [-0.1, -0.05) is 32.4 Å². The van der Waals surface area contributed by atoms with Crippen LogP contribution in [-0.2, 0) is 9.59 Å². The van der Waals surface area contributed by atoms with Crippen LogP contribution in [0.5, 0.6) is 11.5 Å². The molecule has 2 aromatic carbocycles. The lowest BCUT2D eigenvalue weighted by atomic mass is 10.1. The van der Waals surface area contributed by atoms with Gasteiger partial charge in [0.2, 0.25) is 11.8 Å². The predicted molar refractivity (Wildman–Crippen MR) is 143 cm³/mol. The van der Waals surface area contributed by atoms with Gasteiger partial charge in [0.25, 0.3) is 0 Å². The Morgan fingerprint density at radius 3 is 1.31 bits per heavy atom. The highest BCUT2D eigenvalue weighted by Crippen LogP contribution is 2.18. The molecule has 188 valence electrons. The van der Waals surface area contributed by atoms with Gasteiger partial charge < -0.3 is 20.1 Å². The number of rotatable bonds is 16. The first-order valence-corrected chi connectivity index (χ1v) is 12.2. The smallest absolute Gasteiger partial charge is 0.224 e. The third-order valence-corrected chi connectivity index (χ3v) is 5.05. The molecule has 0 unspecified atom stereocenters. The van der Waals surface area contributed by atoms with E-state index in [1.54, 1.807) is 0 Å². The van der Waals surface area contributed by atoms with Crippen LogP contribution in [0.2, 0.25) is 0 Å². The zero-order valence-corrected chi connectivity index (χ0v) is 21.0. The minimum absolute atomic E-state index is 0.0102. The molecule has 2 rings (SSSR count). The van der Waals surface area contributed by atoms with Crippen LogP contribution in [0.15, 0.2) is 72.8 Å². The number of benzene rings is 2. The van der Waals surface area contributed by atoms with Crippen molar-refractivity contribution in [3.8, 4) is 11.5 Å². The summed E-state index contributed by atoms with van der Waals surface area (Å²) in [4.78, 5) is 24.3. The first-order chi connectivity index (χ1) is 16.8. The highest BCUT2D eigenvalue weighted by atomic mass is 16.5. The van der Waals surface area contributed by atoms with Crippen LogP contribution in [0.3, 0.4) is 0 Å². The maximum atomic E-state index is 12.1. The molecule has 2 N–H and O–H groups in total. The largest absolute Gasteiger partial charge is 0.489 e. The highest BCUT2D eigenvalue weighted by Gasteiger charge is 2.05. The third-order valence-electron chi connectivity index (χ3n) is 5.05. The molecule has 0 atom stereocenters. The van der Waals surface area contributed by atoms with E-state index in [2.05, 4.69) is 23.8 Å². The molecule has 6 nitrogen and oxygen atoms in total. The van der Waals surface area contributed by atoms with Gasteiger partial charge in [-0.15, -0.1) is 0 Å².